The van der Waals surface area contributed by atoms with E-state index in [-0.39, 0.29) is 29.1 Å². The zero-order valence-electron chi connectivity index (χ0n) is 12.8. The molecule has 1 aliphatic heterocycles. The van der Waals surface area contributed by atoms with Crippen LogP contribution in [0.3, 0.4) is 0 Å². The molecule has 0 saturated carbocycles. The topological polar surface area (TPSA) is 46.3 Å². The van der Waals surface area contributed by atoms with Gasteiger partial charge in [0.05, 0.1) is 5.25 Å². The van der Waals surface area contributed by atoms with Crippen LogP contribution in [-0.4, -0.2) is 40.9 Å². The summed E-state index contributed by atoms with van der Waals surface area (Å²) in [5, 5.41) is 0.0973. The van der Waals surface area contributed by atoms with Crippen molar-refractivity contribution in [2.75, 3.05) is 18.8 Å². The zero-order valence-corrected chi connectivity index (χ0v) is 14.4. The quantitative estimate of drug-likeness (QED) is 0.868. The van der Waals surface area contributed by atoms with Gasteiger partial charge in [0.25, 0.3) is 0 Å². The Hall–Kier alpha value is 0.0700. The Morgan fingerprint density at radius 3 is 2.47 bits per heavy atom. The van der Waals surface area contributed by atoms with Gasteiger partial charge in [-0.05, 0) is 23.5 Å². The first-order chi connectivity index (χ1) is 8.29. The number of hydrogen-bond acceptors (Lipinski definition) is 3. The molecule has 1 saturated heterocycles. The van der Waals surface area contributed by atoms with Gasteiger partial charge in [0.15, 0.2) is 0 Å². The first-order valence-electron chi connectivity index (χ1n) is 6.95. The predicted octanol–water partition coefficient (Wildman–Crippen LogP) is 2.77. The highest BCUT2D eigenvalue weighted by Gasteiger charge is 2.37. The van der Waals surface area contributed by atoms with Crippen LogP contribution in [0.15, 0.2) is 0 Å². The molecule has 1 amide bonds. The molecule has 2 N–H and O–H groups in total. The summed E-state index contributed by atoms with van der Waals surface area (Å²) in [6, 6.07) is 0.206. The first-order valence-corrected chi connectivity index (χ1v) is 8.00. The second-order valence-corrected chi connectivity index (χ2v) is 7.68. The molecule has 0 radical (unpaired) electrons. The molecule has 0 aliphatic carbocycles. The van der Waals surface area contributed by atoms with Crippen LogP contribution >= 0.6 is 24.2 Å². The summed E-state index contributed by atoms with van der Waals surface area (Å²) in [4.78, 5) is 14.6. The van der Waals surface area contributed by atoms with Crippen molar-refractivity contribution < 1.29 is 4.79 Å². The lowest BCUT2D eigenvalue weighted by molar-refractivity contribution is -0.134. The molecule has 114 valence electrons. The van der Waals surface area contributed by atoms with Crippen molar-refractivity contribution in [2.45, 2.75) is 52.3 Å². The average molecular weight is 309 g/mol. The summed E-state index contributed by atoms with van der Waals surface area (Å²) in [5.41, 5.74) is 6.16. The molecule has 19 heavy (non-hydrogen) atoms. The van der Waals surface area contributed by atoms with Crippen LogP contribution in [0.2, 0.25) is 0 Å². The minimum absolute atomic E-state index is 0. The molecule has 0 aromatic heterocycles. The van der Waals surface area contributed by atoms with E-state index in [0.29, 0.717) is 11.8 Å². The third-order valence-electron chi connectivity index (χ3n) is 3.82. The van der Waals surface area contributed by atoms with Gasteiger partial charge >= 0.3 is 0 Å². The normalized spacial score (nSPS) is 23.9. The van der Waals surface area contributed by atoms with E-state index in [1.54, 1.807) is 11.8 Å². The minimum atomic E-state index is 0. The third-order valence-corrected chi connectivity index (χ3v) is 5.26. The number of piperidine rings is 1. The highest BCUT2D eigenvalue weighted by molar-refractivity contribution is 8.00. The molecule has 3 nitrogen and oxygen atoms in total. The van der Waals surface area contributed by atoms with Crippen molar-refractivity contribution in [3.63, 3.8) is 0 Å². The van der Waals surface area contributed by atoms with Crippen LogP contribution in [0.4, 0.5) is 0 Å². The molecule has 5 heteroatoms. The lowest BCUT2D eigenvalue weighted by Gasteiger charge is -2.43. The van der Waals surface area contributed by atoms with E-state index in [1.807, 2.05) is 4.90 Å². The molecule has 1 aliphatic rings. The van der Waals surface area contributed by atoms with Crippen molar-refractivity contribution in [2.24, 2.45) is 17.1 Å². The summed E-state index contributed by atoms with van der Waals surface area (Å²) in [6.45, 7) is 12.3. The van der Waals surface area contributed by atoms with Crippen molar-refractivity contribution in [1.82, 2.24) is 4.90 Å². The van der Waals surface area contributed by atoms with Gasteiger partial charge in [-0.25, -0.2) is 0 Å². The molecule has 0 aromatic rings. The Balaban J connectivity index is 0.00000324. The van der Waals surface area contributed by atoms with Crippen LogP contribution in [0.1, 0.15) is 41.0 Å². The number of rotatable bonds is 4. The number of amides is 1. The second kappa shape index (κ2) is 7.75. The number of carbonyl (C=O) groups is 1. The number of carbonyl (C=O) groups excluding carboxylic acids is 1. The predicted molar refractivity (Wildman–Crippen MR) is 87.0 cm³/mol. The van der Waals surface area contributed by atoms with E-state index >= 15 is 0 Å². The maximum absolute atomic E-state index is 12.6. The van der Waals surface area contributed by atoms with Crippen LogP contribution in [-0.2, 0) is 4.79 Å². The monoisotopic (exact) mass is 308 g/mol. The number of hydrogen-bond donors (Lipinski definition) is 1. The van der Waals surface area contributed by atoms with E-state index < -0.39 is 0 Å². The fourth-order valence-corrected chi connectivity index (χ4v) is 3.51. The number of nitrogens with zero attached hydrogens (tertiary/aromatic N) is 1. The van der Waals surface area contributed by atoms with Gasteiger partial charge in [0, 0.05) is 19.1 Å². The van der Waals surface area contributed by atoms with Gasteiger partial charge < -0.3 is 10.6 Å². The number of nitrogens with two attached hydrogens (primary N) is 1. The molecule has 2 unspecified atom stereocenters. The van der Waals surface area contributed by atoms with Crippen molar-refractivity contribution in [1.29, 1.82) is 0 Å². The number of halogens is 1. The smallest absolute Gasteiger partial charge is 0.235 e. The number of likely N-dealkylation sites (tertiary alicyclic amines) is 1. The molecular weight excluding hydrogens is 280 g/mol. The van der Waals surface area contributed by atoms with E-state index in [4.69, 9.17) is 5.73 Å². The third kappa shape index (κ3) is 4.83. The maximum Gasteiger partial charge on any atom is 0.235 e. The molecule has 0 aromatic carbocycles. The van der Waals surface area contributed by atoms with Gasteiger partial charge in [-0.3, -0.25) is 4.79 Å². The van der Waals surface area contributed by atoms with E-state index in [2.05, 4.69) is 34.6 Å². The Labute approximate surface area is 128 Å². The molecule has 1 heterocycles. The van der Waals surface area contributed by atoms with Gasteiger partial charge in [0.1, 0.15) is 0 Å². The highest BCUT2D eigenvalue weighted by atomic mass is 35.5. The van der Waals surface area contributed by atoms with Gasteiger partial charge in [-0.1, -0.05) is 34.6 Å². The fourth-order valence-electron chi connectivity index (χ4n) is 2.47. The first kappa shape index (κ1) is 19.1. The standard InChI is InChI=1S/C14H28N2OS.ClH/c1-6-18-12(10(2)3)13(17)16-8-7-11(15)14(4,5)9-16;/h10-12H,6-9,15H2,1-5H3;1H. The van der Waals surface area contributed by atoms with Gasteiger partial charge in [-0.2, -0.15) is 0 Å². The lowest BCUT2D eigenvalue weighted by atomic mass is 9.79. The average Bonchev–Trinajstić information content (AvgIpc) is 2.28. The number of thioether (sulfide) groups is 1. The molecule has 0 bridgehead atoms. The van der Waals surface area contributed by atoms with Crippen LogP contribution < -0.4 is 5.73 Å². The Morgan fingerprint density at radius 2 is 2.05 bits per heavy atom. The molecular formula is C14H29ClN2OS. The largest absolute Gasteiger partial charge is 0.341 e. The lowest BCUT2D eigenvalue weighted by Crippen LogP contribution is -2.55. The van der Waals surface area contributed by atoms with Crippen molar-refractivity contribution >= 4 is 30.1 Å². The van der Waals surface area contributed by atoms with E-state index in [0.717, 1.165) is 25.3 Å². The molecule has 1 fully saturated rings. The fraction of sp³-hybridized carbons (Fsp3) is 0.929. The Kier molecular flexibility index (Phi) is 7.78. The summed E-state index contributed by atoms with van der Waals surface area (Å²) >= 11 is 1.76. The minimum Gasteiger partial charge on any atom is -0.341 e. The summed E-state index contributed by atoms with van der Waals surface area (Å²) in [5.74, 6) is 1.68. The van der Waals surface area contributed by atoms with Crippen LogP contribution in [0, 0.1) is 11.3 Å². The van der Waals surface area contributed by atoms with Gasteiger partial charge in [-0.15, -0.1) is 24.2 Å². The SMILES string of the molecule is CCSC(C(=O)N1CCC(N)C(C)(C)C1)C(C)C.Cl. The van der Waals surface area contributed by atoms with E-state index in [1.165, 1.54) is 0 Å². The van der Waals surface area contributed by atoms with Gasteiger partial charge in [0.2, 0.25) is 5.91 Å². The zero-order chi connectivity index (χ0) is 13.9. The summed E-state index contributed by atoms with van der Waals surface area (Å²) in [6.07, 6.45) is 0.917. The Morgan fingerprint density at radius 1 is 1.47 bits per heavy atom. The highest BCUT2D eigenvalue weighted by Crippen LogP contribution is 2.30. The molecule has 1 rings (SSSR count). The Bertz CT molecular complexity index is 297. The maximum atomic E-state index is 12.6. The second-order valence-electron chi connectivity index (χ2n) is 6.26. The van der Waals surface area contributed by atoms with Crippen molar-refractivity contribution in [3.05, 3.63) is 0 Å². The van der Waals surface area contributed by atoms with Crippen molar-refractivity contribution in [3.8, 4) is 0 Å². The van der Waals surface area contributed by atoms with Crippen LogP contribution in [0.5, 0.6) is 0 Å². The van der Waals surface area contributed by atoms with Crippen LogP contribution in [0.25, 0.3) is 0 Å². The molecule has 0 spiro atoms. The summed E-state index contributed by atoms with van der Waals surface area (Å²) in [7, 11) is 0. The molecule has 2 atom stereocenters. The van der Waals surface area contributed by atoms with E-state index in [9.17, 15) is 4.79 Å². The summed E-state index contributed by atoms with van der Waals surface area (Å²) < 4.78 is 0.